The van der Waals surface area contributed by atoms with E-state index < -0.39 is 0 Å². The summed E-state index contributed by atoms with van der Waals surface area (Å²) in [6.45, 7) is 1.80. The molecule has 0 amide bonds. The normalized spacial score (nSPS) is 10.9. The van der Waals surface area contributed by atoms with Crippen molar-refractivity contribution in [2.24, 2.45) is 0 Å². The number of benzene rings is 1. The van der Waals surface area contributed by atoms with E-state index in [9.17, 15) is 4.39 Å². The van der Waals surface area contributed by atoms with Gasteiger partial charge in [0.25, 0.3) is 0 Å². The minimum absolute atomic E-state index is 0.144. The maximum absolute atomic E-state index is 13.2. The van der Waals surface area contributed by atoms with Crippen molar-refractivity contribution in [3.8, 4) is 0 Å². The van der Waals surface area contributed by atoms with E-state index in [1.54, 1.807) is 6.92 Å². The lowest BCUT2D eigenvalue weighted by molar-refractivity contribution is 0.619. The van der Waals surface area contributed by atoms with Crippen molar-refractivity contribution in [1.29, 1.82) is 0 Å². The molecular formula is C9H7FIN. The molecule has 12 heavy (non-hydrogen) atoms. The molecule has 0 aliphatic heterocycles. The fraction of sp³-hybridized carbons (Fsp3) is 0.111. The van der Waals surface area contributed by atoms with Gasteiger partial charge in [0, 0.05) is 20.7 Å². The predicted octanol–water partition coefficient (Wildman–Crippen LogP) is 3.22. The van der Waals surface area contributed by atoms with Crippen molar-refractivity contribution in [2.45, 2.75) is 6.92 Å². The van der Waals surface area contributed by atoms with Crippen LogP contribution in [-0.2, 0) is 0 Å². The molecule has 0 bridgehead atoms. The van der Waals surface area contributed by atoms with E-state index in [1.165, 1.54) is 6.07 Å². The molecule has 3 heteroatoms. The lowest BCUT2D eigenvalue weighted by atomic mass is 10.2. The van der Waals surface area contributed by atoms with Crippen LogP contribution in [0.1, 0.15) is 5.56 Å². The second-order valence-electron chi connectivity index (χ2n) is 2.74. The maximum Gasteiger partial charge on any atom is 0.129 e. The van der Waals surface area contributed by atoms with Crippen molar-refractivity contribution in [3.63, 3.8) is 0 Å². The van der Waals surface area contributed by atoms with Crippen molar-refractivity contribution < 1.29 is 4.39 Å². The van der Waals surface area contributed by atoms with Crippen molar-refractivity contribution in [1.82, 2.24) is 4.98 Å². The first-order valence-electron chi connectivity index (χ1n) is 3.62. The molecule has 1 aromatic heterocycles. The summed E-state index contributed by atoms with van der Waals surface area (Å²) in [5.74, 6) is -0.144. The van der Waals surface area contributed by atoms with Gasteiger partial charge in [-0.3, -0.25) is 0 Å². The van der Waals surface area contributed by atoms with Crippen LogP contribution in [-0.4, -0.2) is 4.98 Å². The molecule has 0 aliphatic carbocycles. The summed E-state index contributed by atoms with van der Waals surface area (Å²) in [7, 11) is 0. The zero-order valence-electron chi connectivity index (χ0n) is 6.49. The van der Waals surface area contributed by atoms with Gasteiger partial charge in [0.2, 0.25) is 0 Å². The Hall–Kier alpha value is -0.580. The van der Waals surface area contributed by atoms with Gasteiger partial charge in [-0.15, -0.1) is 0 Å². The van der Waals surface area contributed by atoms with Gasteiger partial charge in [0.05, 0.1) is 0 Å². The fourth-order valence-corrected chi connectivity index (χ4v) is 1.96. The van der Waals surface area contributed by atoms with Gasteiger partial charge in [-0.05, 0) is 47.2 Å². The van der Waals surface area contributed by atoms with E-state index in [2.05, 4.69) is 27.6 Å². The fourth-order valence-electron chi connectivity index (χ4n) is 1.23. The van der Waals surface area contributed by atoms with Crippen LogP contribution in [0, 0.1) is 16.3 Å². The Morgan fingerprint density at radius 1 is 1.50 bits per heavy atom. The van der Waals surface area contributed by atoms with Crippen LogP contribution in [0.4, 0.5) is 4.39 Å². The lowest BCUT2D eigenvalue weighted by Gasteiger charge is -2.00. The van der Waals surface area contributed by atoms with Crippen LogP contribution < -0.4 is 0 Å². The maximum atomic E-state index is 13.2. The van der Waals surface area contributed by atoms with E-state index in [-0.39, 0.29) is 5.82 Å². The van der Waals surface area contributed by atoms with E-state index >= 15 is 0 Å². The SMILES string of the molecule is Cc1c(F)cc2[nH]ccc2c1I. The molecule has 1 heterocycles. The monoisotopic (exact) mass is 275 g/mol. The molecular weight excluding hydrogens is 268 g/mol. The molecule has 62 valence electrons. The van der Waals surface area contributed by atoms with Crippen LogP contribution in [0.25, 0.3) is 10.9 Å². The van der Waals surface area contributed by atoms with Gasteiger partial charge in [0.1, 0.15) is 5.82 Å². The van der Waals surface area contributed by atoms with Gasteiger partial charge < -0.3 is 4.98 Å². The molecule has 1 nitrogen and oxygen atoms in total. The third-order valence-electron chi connectivity index (χ3n) is 1.97. The van der Waals surface area contributed by atoms with Gasteiger partial charge in [-0.25, -0.2) is 4.39 Å². The van der Waals surface area contributed by atoms with Gasteiger partial charge in [0.15, 0.2) is 0 Å². The topological polar surface area (TPSA) is 15.8 Å². The Kier molecular flexibility index (Phi) is 1.83. The Bertz CT molecular complexity index is 433. The molecule has 0 saturated carbocycles. The van der Waals surface area contributed by atoms with Crippen LogP contribution in [0.15, 0.2) is 18.3 Å². The second kappa shape index (κ2) is 2.73. The largest absolute Gasteiger partial charge is 0.361 e. The number of halogens is 2. The second-order valence-corrected chi connectivity index (χ2v) is 3.82. The predicted molar refractivity (Wildman–Crippen MR) is 55.7 cm³/mol. The van der Waals surface area contributed by atoms with Crippen LogP contribution in [0.3, 0.4) is 0 Å². The van der Waals surface area contributed by atoms with E-state index in [4.69, 9.17) is 0 Å². The lowest BCUT2D eigenvalue weighted by Crippen LogP contribution is -1.87. The Morgan fingerprint density at radius 3 is 3.00 bits per heavy atom. The quantitative estimate of drug-likeness (QED) is 0.710. The third-order valence-corrected chi connectivity index (χ3v) is 3.36. The number of hydrogen-bond acceptors (Lipinski definition) is 0. The highest BCUT2D eigenvalue weighted by atomic mass is 127. The third kappa shape index (κ3) is 1.03. The first-order valence-corrected chi connectivity index (χ1v) is 4.69. The highest BCUT2D eigenvalue weighted by Crippen LogP contribution is 2.25. The first-order chi connectivity index (χ1) is 5.70. The zero-order chi connectivity index (χ0) is 8.72. The molecule has 1 aromatic carbocycles. The van der Waals surface area contributed by atoms with E-state index in [0.29, 0.717) is 0 Å². The molecule has 1 N–H and O–H groups in total. The zero-order valence-corrected chi connectivity index (χ0v) is 8.65. The summed E-state index contributed by atoms with van der Waals surface area (Å²) in [5, 5.41) is 1.09. The van der Waals surface area contributed by atoms with E-state index in [1.807, 2.05) is 12.3 Å². The molecule has 2 rings (SSSR count). The number of hydrogen-bond donors (Lipinski definition) is 1. The summed E-state index contributed by atoms with van der Waals surface area (Å²) < 4.78 is 14.2. The Balaban J connectivity index is 2.94. The van der Waals surface area contributed by atoms with Crippen molar-refractivity contribution in [2.75, 3.05) is 0 Å². The average Bonchev–Trinajstić information content (AvgIpc) is 2.48. The Labute approximate surface area is 83.1 Å². The van der Waals surface area contributed by atoms with Gasteiger partial charge in [-0.2, -0.15) is 0 Å². The van der Waals surface area contributed by atoms with Gasteiger partial charge in [-0.1, -0.05) is 0 Å². The molecule has 0 aliphatic rings. The molecule has 0 atom stereocenters. The number of aromatic amines is 1. The summed E-state index contributed by atoms with van der Waals surface area (Å²) in [4.78, 5) is 2.98. The summed E-state index contributed by atoms with van der Waals surface area (Å²) >= 11 is 2.16. The standard InChI is InChI=1S/C9H7FIN/c1-5-7(10)4-8-6(9(5)11)2-3-12-8/h2-4,12H,1H3. The van der Waals surface area contributed by atoms with Crippen LogP contribution in [0.5, 0.6) is 0 Å². The summed E-state index contributed by atoms with van der Waals surface area (Å²) in [6, 6.07) is 3.50. The number of nitrogens with one attached hydrogen (secondary N) is 1. The number of rotatable bonds is 0. The molecule has 0 spiro atoms. The summed E-state index contributed by atoms with van der Waals surface area (Å²) in [6.07, 6.45) is 1.83. The molecule has 0 fully saturated rings. The van der Waals surface area contributed by atoms with Crippen molar-refractivity contribution >= 4 is 33.5 Å². The average molecular weight is 275 g/mol. The molecule has 0 unspecified atom stereocenters. The number of H-pyrrole nitrogens is 1. The molecule has 0 radical (unpaired) electrons. The van der Waals surface area contributed by atoms with Crippen LogP contribution >= 0.6 is 22.6 Å². The van der Waals surface area contributed by atoms with Gasteiger partial charge >= 0.3 is 0 Å². The minimum atomic E-state index is -0.144. The minimum Gasteiger partial charge on any atom is -0.361 e. The number of aromatic nitrogens is 1. The highest BCUT2D eigenvalue weighted by Gasteiger charge is 2.07. The molecule has 0 saturated heterocycles. The first kappa shape index (κ1) is 8.04. The molecule has 2 aromatic rings. The highest BCUT2D eigenvalue weighted by molar-refractivity contribution is 14.1. The summed E-state index contributed by atoms with van der Waals surface area (Å²) in [5.41, 5.74) is 1.59. The smallest absolute Gasteiger partial charge is 0.129 e. The van der Waals surface area contributed by atoms with Crippen molar-refractivity contribution in [3.05, 3.63) is 33.3 Å². The Morgan fingerprint density at radius 2 is 2.25 bits per heavy atom. The van der Waals surface area contributed by atoms with Crippen LogP contribution in [0.2, 0.25) is 0 Å². The van der Waals surface area contributed by atoms with E-state index in [0.717, 1.165) is 20.0 Å². The number of fused-ring (bicyclic) bond motifs is 1.